The van der Waals surface area contributed by atoms with Crippen molar-refractivity contribution in [2.75, 3.05) is 6.54 Å². The predicted octanol–water partition coefficient (Wildman–Crippen LogP) is 1.35. The summed E-state index contributed by atoms with van der Waals surface area (Å²) in [6.45, 7) is 2.58. The van der Waals surface area contributed by atoms with Crippen LogP contribution in [-0.4, -0.2) is 21.5 Å². The second-order valence-electron chi connectivity index (χ2n) is 3.60. The van der Waals surface area contributed by atoms with Crippen LogP contribution in [0.1, 0.15) is 11.4 Å². The Hall–Kier alpha value is -1.81. The molecule has 2 N–H and O–H groups in total. The number of hydrogen-bond donors (Lipinski definition) is 1. The molecule has 0 aliphatic heterocycles. The molecule has 0 spiro atoms. The summed E-state index contributed by atoms with van der Waals surface area (Å²) >= 11 is 0. The van der Waals surface area contributed by atoms with Gasteiger partial charge in [-0.3, -0.25) is 4.98 Å². The summed E-state index contributed by atoms with van der Waals surface area (Å²) < 4.78 is 0. The van der Waals surface area contributed by atoms with Crippen LogP contribution in [0.4, 0.5) is 0 Å². The number of aromatic nitrogens is 3. The molecule has 0 atom stereocenters. The van der Waals surface area contributed by atoms with Gasteiger partial charge in [-0.25, -0.2) is 9.97 Å². The Morgan fingerprint density at radius 3 is 2.94 bits per heavy atom. The highest BCUT2D eigenvalue weighted by atomic mass is 14.8. The Labute approximate surface area is 94.6 Å². The molecule has 0 bridgehead atoms. The lowest BCUT2D eigenvalue weighted by Gasteiger charge is -2.05. The average molecular weight is 214 g/mol. The summed E-state index contributed by atoms with van der Waals surface area (Å²) in [5, 5.41) is 0. The fourth-order valence-electron chi connectivity index (χ4n) is 1.60. The van der Waals surface area contributed by atoms with Crippen LogP contribution in [0, 0.1) is 6.92 Å². The van der Waals surface area contributed by atoms with Crippen molar-refractivity contribution in [2.24, 2.45) is 5.73 Å². The zero-order valence-electron chi connectivity index (χ0n) is 9.22. The third-order valence-corrected chi connectivity index (χ3v) is 2.44. The van der Waals surface area contributed by atoms with E-state index in [1.54, 1.807) is 12.5 Å². The van der Waals surface area contributed by atoms with Crippen molar-refractivity contribution in [3.8, 4) is 11.1 Å². The van der Waals surface area contributed by atoms with Gasteiger partial charge in [0.05, 0.1) is 0 Å². The van der Waals surface area contributed by atoms with Crippen molar-refractivity contribution in [3.63, 3.8) is 0 Å². The molecule has 82 valence electrons. The van der Waals surface area contributed by atoms with Gasteiger partial charge < -0.3 is 5.73 Å². The summed E-state index contributed by atoms with van der Waals surface area (Å²) in [5.41, 5.74) is 9.63. The largest absolute Gasteiger partial charge is 0.330 e. The molecule has 0 aliphatic rings. The van der Waals surface area contributed by atoms with E-state index in [4.69, 9.17) is 5.73 Å². The second-order valence-corrected chi connectivity index (χ2v) is 3.60. The van der Waals surface area contributed by atoms with Gasteiger partial charge in [-0.05, 0) is 31.2 Å². The van der Waals surface area contributed by atoms with Crippen molar-refractivity contribution in [1.82, 2.24) is 15.0 Å². The number of nitrogens with zero attached hydrogens (tertiary/aromatic N) is 3. The first-order chi connectivity index (χ1) is 7.81. The molecule has 2 rings (SSSR count). The molecular weight excluding hydrogens is 200 g/mol. The molecule has 4 nitrogen and oxygen atoms in total. The number of aryl methyl sites for hydroxylation is 1. The molecule has 0 radical (unpaired) electrons. The van der Waals surface area contributed by atoms with Gasteiger partial charge in [-0.2, -0.15) is 0 Å². The Balaban J connectivity index is 2.40. The van der Waals surface area contributed by atoms with Gasteiger partial charge in [0.25, 0.3) is 0 Å². The second kappa shape index (κ2) is 4.81. The molecule has 0 saturated heterocycles. The molecule has 0 aliphatic carbocycles. The van der Waals surface area contributed by atoms with Gasteiger partial charge in [-0.15, -0.1) is 0 Å². The summed E-state index contributed by atoms with van der Waals surface area (Å²) in [6.07, 6.45) is 5.97. The minimum atomic E-state index is 0.612. The summed E-state index contributed by atoms with van der Waals surface area (Å²) in [4.78, 5) is 12.5. The Bertz CT molecular complexity index is 482. The zero-order valence-corrected chi connectivity index (χ0v) is 9.22. The molecule has 2 heterocycles. The Kier molecular flexibility index (Phi) is 3.22. The van der Waals surface area contributed by atoms with E-state index >= 15 is 0 Å². The predicted molar refractivity (Wildman–Crippen MR) is 62.8 cm³/mol. The lowest BCUT2D eigenvalue weighted by Crippen LogP contribution is -2.04. The summed E-state index contributed by atoms with van der Waals surface area (Å²) in [7, 11) is 0. The molecule has 0 unspecified atom stereocenters. The van der Waals surface area contributed by atoms with Crippen LogP contribution < -0.4 is 5.73 Å². The van der Waals surface area contributed by atoms with E-state index in [0.717, 1.165) is 28.9 Å². The molecule has 0 amide bonds. The molecule has 4 heteroatoms. The van der Waals surface area contributed by atoms with Crippen molar-refractivity contribution in [1.29, 1.82) is 0 Å². The highest BCUT2D eigenvalue weighted by Gasteiger charge is 2.03. The van der Waals surface area contributed by atoms with Crippen LogP contribution in [-0.2, 0) is 6.42 Å². The van der Waals surface area contributed by atoms with Gasteiger partial charge in [0.1, 0.15) is 6.33 Å². The standard InChI is InChI=1S/C12H14N4/c1-9-12(7-14-8-16-9)10-3-5-15-11(6-10)2-4-13/h3,5-8H,2,4,13H2,1H3. The first-order valence-corrected chi connectivity index (χ1v) is 5.23. The topological polar surface area (TPSA) is 64.7 Å². The molecule has 0 aromatic carbocycles. The molecular formula is C12H14N4. The molecule has 2 aromatic heterocycles. The van der Waals surface area contributed by atoms with E-state index in [0.29, 0.717) is 6.54 Å². The number of nitrogens with two attached hydrogens (primary N) is 1. The molecule has 0 saturated carbocycles. The number of hydrogen-bond acceptors (Lipinski definition) is 4. The minimum Gasteiger partial charge on any atom is -0.330 e. The fourth-order valence-corrected chi connectivity index (χ4v) is 1.60. The van der Waals surface area contributed by atoms with E-state index in [1.807, 2.05) is 25.3 Å². The number of rotatable bonds is 3. The number of pyridine rings is 1. The van der Waals surface area contributed by atoms with E-state index in [9.17, 15) is 0 Å². The van der Waals surface area contributed by atoms with E-state index in [-0.39, 0.29) is 0 Å². The minimum absolute atomic E-state index is 0.612. The monoisotopic (exact) mass is 214 g/mol. The van der Waals surface area contributed by atoms with Gasteiger partial charge >= 0.3 is 0 Å². The quantitative estimate of drug-likeness (QED) is 0.837. The van der Waals surface area contributed by atoms with Crippen LogP contribution in [0.5, 0.6) is 0 Å². The third-order valence-electron chi connectivity index (χ3n) is 2.44. The summed E-state index contributed by atoms with van der Waals surface area (Å²) in [5.74, 6) is 0. The Morgan fingerprint density at radius 1 is 1.31 bits per heavy atom. The van der Waals surface area contributed by atoms with Crippen LogP contribution in [0.3, 0.4) is 0 Å². The van der Waals surface area contributed by atoms with E-state index in [2.05, 4.69) is 15.0 Å². The molecule has 2 aromatic rings. The maximum atomic E-state index is 5.51. The average Bonchev–Trinajstić information content (AvgIpc) is 2.30. The van der Waals surface area contributed by atoms with E-state index < -0.39 is 0 Å². The van der Waals surface area contributed by atoms with Crippen LogP contribution in [0.15, 0.2) is 30.9 Å². The Morgan fingerprint density at radius 2 is 2.19 bits per heavy atom. The lowest BCUT2D eigenvalue weighted by molar-refractivity contribution is 0.923. The van der Waals surface area contributed by atoms with Crippen molar-refractivity contribution in [3.05, 3.63) is 42.2 Å². The van der Waals surface area contributed by atoms with Crippen molar-refractivity contribution >= 4 is 0 Å². The first-order valence-electron chi connectivity index (χ1n) is 5.23. The van der Waals surface area contributed by atoms with Gasteiger partial charge in [0, 0.05) is 35.8 Å². The first kappa shape index (κ1) is 10.7. The fraction of sp³-hybridized carbons (Fsp3) is 0.250. The highest BCUT2D eigenvalue weighted by Crippen LogP contribution is 2.20. The van der Waals surface area contributed by atoms with Gasteiger partial charge in [0.2, 0.25) is 0 Å². The smallest absolute Gasteiger partial charge is 0.115 e. The molecule has 16 heavy (non-hydrogen) atoms. The maximum absolute atomic E-state index is 5.51. The van der Waals surface area contributed by atoms with Gasteiger partial charge in [-0.1, -0.05) is 0 Å². The summed E-state index contributed by atoms with van der Waals surface area (Å²) in [6, 6.07) is 4.00. The molecule has 0 fully saturated rings. The third kappa shape index (κ3) is 2.23. The normalized spacial score (nSPS) is 10.4. The van der Waals surface area contributed by atoms with Crippen LogP contribution in [0.2, 0.25) is 0 Å². The highest BCUT2D eigenvalue weighted by molar-refractivity contribution is 5.64. The maximum Gasteiger partial charge on any atom is 0.115 e. The van der Waals surface area contributed by atoms with E-state index in [1.165, 1.54) is 0 Å². The van der Waals surface area contributed by atoms with Crippen molar-refractivity contribution in [2.45, 2.75) is 13.3 Å². The van der Waals surface area contributed by atoms with Crippen LogP contribution >= 0.6 is 0 Å². The van der Waals surface area contributed by atoms with Gasteiger partial charge in [0.15, 0.2) is 0 Å². The SMILES string of the molecule is Cc1ncncc1-c1ccnc(CCN)c1. The lowest BCUT2D eigenvalue weighted by atomic mass is 10.1. The van der Waals surface area contributed by atoms with Crippen LogP contribution in [0.25, 0.3) is 11.1 Å². The van der Waals surface area contributed by atoms with Crippen molar-refractivity contribution < 1.29 is 0 Å². The zero-order chi connectivity index (χ0) is 11.4.